The van der Waals surface area contributed by atoms with Crippen LogP contribution >= 0.6 is 0 Å². The summed E-state index contributed by atoms with van der Waals surface area (Å²) in [6.45, 7) is 1.63. The van der Waals surface area contributed by atoms with Crippen molar-refractivity contribution < 1.29 is 17.7 Å². The van der Waals surface area contributed by atoms with Crippen molar-refractivity contribution in [2.45, 2.75) is 6.54 Å². The van der Waals surface area contributed by atoms with Gasteiger partial charge in [0, 0.05) is 24.7 Å². The molecule has 1 aromatic carbocycles. The fourth-order valence-electron chi connectivity index (χ4n) is 2.18. The Bertz CT molecular complexity index is 709. The Kier molecular flexibility index (Phi) is 4.53. The first kappa shape index (κ1) is 15.2. The van der Waals surface area contributed by atoms with E-state index in [0.29, 0.717) is 37.8 Å². The Hall–Kier alpha value is -1.74. The molecule has 2 heterocycles. The number of ether oxygens (including phenoxy) is 1. The van der Waals surface area contributed by atoms with Gasteiger partial charge in [0.2, 0.25) is 0 Å². The van der Waals surface area contributed by atoms with E-state index in [2.05, 4.69) is 9.88 Å². The molecule has 8 heteroatoms. The van der Waals surface area contributed by atoms with E-state index in [4.69, 9.17) is 9.26 Å². The first-order chi connectivity index (χ1) is 10.6. The molecule has 7 nitrogen and oxygen atoms in total. The van der Waals surface area contributed by atoms with Crippen LogP contribution in [0.3, 0.4) is 0 Å². The normalized spacial score (nSPS) is 16.7. The molecule has 1 fully saturated rings. The van der Waals surface area contributed by atoms with Crippen molar-refractivity contribution in [1.29, 1.82) is 0 Å². The standard InChI is InChI=1S/C14H17N3O4S/c18-22(19,17-6-8-20-9-7-17)15-11-13-10-14(16-21-13)12-4-2-1-3-5-12/h1-5,10,15H,6-9,11H2. The lowest BCUT2D eigenvalue weighted by Gasteiger charge is -2.25. The van der Waals surface area contributed by atoms with Gasteiger partial charge in [0.05, 0.1) is 19.8 Å². The summed E-state index contributed by atoms with van der Waals surface area (Å²) in [7, 11) is -3.52. The lowest BCUT2D eigenvalue weighted by molar-refractivity contribution is 0.0724. The van der Waals surface area contributed by atoms with Gasteiger partial charge in [-0.15, -0.1) is 0 Å². The maximum Gasteiger partial charge on any atom is 0.280 e. The van der Waals surface area contributed by atoms with E-state index in [1.165, 1.54) is 4.31 Å². The first-order valence-corrected chi connectivity index (χ1v) is 8.43. The second kappa shape index (κ2) is 6.57. The molecule has 1 N–H and O–H groups in total. The lowest BCUT2D eigenvalue weighted by Crippen LogP contribution is -2.46. The number of hydrogen-bond donors (Lipinski definition) is 1. The van der Waals surface area contributed by atoms with Crippen LogP contribution in [0.1, 0.15) is 5.76 Å². The van der Waals surface area contributed by atoms with Crippen LogP contribution in [0.4, 0.5) is 0 Å². The third-order valence-electron chi connectivity index (χ3n) is 3.37. The number of nitrogens with one attached hydrogen (secondary N) is 1. The molecule has 1 aromatic heterocycles. The summed E-state index contributed by atoms with van der Waals surface area (Å²) < 4.78 is 38.5. The van der Waals surface area contributed by atoms with Gasteiger partial charge in [-0.2, -0.15) is 17.4 Å². The summed E-state index contributed by atoms with van der Waals surface area (Å²) in [5, 5.41) is 3.96. The van der Waals surface area contributed by atoms with Gasteiger partial charge in [-0.25, -0.2) is 0 Å². The van der Waals surface area contributed by atoms with Crippen LogP contribution in [-0.2, 0) is 21.5 Å². The highest BCUT2D eigenvalue weighted by Gasteiger charge is 2.24. The molecule has 1 aliphatic rings. The molecular formula is C14H17N3O4S. The predicted molar refractivity (Wildman–Crippen MR) is 80.1 cm³/mol. The Morgan fingerprint density at radius 3 is 2.64 bits per heavy atom. The molecule has 0 radical (unpaired) electrons. The molecule has 0 aliphatic carbocycles. The summed E-state index contributed by atoms with van der Waals surface area (Å²) in [4.78, 5) is 0. The largest absolute Gasteiger partial charge is 0.379 e. The average Bonchev–Trinajstić information content (AvgIpc) is 3.04. The summed E-state index contributed by atoms with van der Waals surface area (Å²) >= 11 is 0. The maximum atomic E-state index is 12.1. The molecule has 0 saturated carbocycles. The Morgan fingerprint density at radius 1 is 1.18 bits per heavy atom. The molecule has 1 aliphatic heterocycles. The zero-order valence-corrected chi connectivity index (χ0v) is 12.8. The summed E-state index contributed by atoms with van der Waals surface area (Å²) in [6.07, 6.45) is 0. The van der Waals surface area contributed by atoms with E-state index < -0.39 is 10.2 Å². The van der Waals surface area contributed by atoms with Gasteiger partial charge in [-0.1, -0.05) is 35.5 Å². The minimum Gasteiger partial charge on any atom is -0.379 e. The van der Waals surface area contributed by atoms with Crippen molar-refractivity contribution in [3.05, 3.63) is 42.2 Å². The van der Waals surface area contributed by atoms with Crippen molar-refractivity contribution in [3.8, 4) is 11.3 Å². The van der Waals surface area contributed by atoms with Crippen LogP contribution in [-0.4, -0.2) is 44.2 Å². The number of rotatable bonds is 5. The van der Waals surface area contributed by atoms with Crippen molar-refractivity contribution in [1.82, 2.24) is 14.2 Å². The van der Waals surface area contributed by atoms with Crippen molar-refractivity contribution in [2.24, 2.45) is 0 Å². The van der Waals surface area contributed by atoms with Crippen LogP contribution in [0.25, 0.3) is 11.3 Å². The molecule has 0 unspecified atom stereocenters. The molecule has 118 valence electrons. The highest BCUT2D eigenvalue weighted by atomic mass is 32.2. The van der Waals surface area contributed by atoms with E-state index in [0.717, 1.165) is 5.56 Å². The molecular weight excluding hydrogens is 306 g/mol. The molecule has 0 bridgehead atoms. The Labute approximate surface area is 129 Å². The maximum absolute atomic E-state index is 12.1. The minimum atomic E-state index is -3.52. The lowest BCUT2D eigenvalue weighted by atomic mass is 10.1. The van der Waals surface area contributed by atoms with Gasteiger partial charge < -0.3 is 9.26 Å². The van der Waals surface area contributed by atoms with Gasteiger partial charge in [0.1, 0.15) is 5.69 Å². The monoisotopic (exact) mass is 323 g/mol. The molecule has 0 spiro atoms. The molecule has 0 atom stereocenters. The number of morpholine rings is 1. The summed E-state index contributed by atoms with van der Waals surface area (Å²) in [5.74, 6) is 0.468. The fourth-order valence-corrected chi connectivity index (χ4v) is 3.32. The van der Waals surface area contributed by atoms with Gasteiger partial charge >= 0.3 is 0 Å². The number of aromatic nitrogens is 1. The van der Waals surface area contributed by atoms with E-state index in [1.807, 2.05) is 30.3 Å². The van der Waals surface area contributed by atoms with Crippen LogP contribution in [0.5, 0.6) is 0 Å². The van der Waals surface area contributed by atoms with E-state index in [-0.39, 0.29) is 6.54 Å². The highest BCUT2D eigenvalue weighted by Crippen LogP contribution is 2.18. The third kappa shape index (κ3) is 3.53. The van der Waals surface area contributed by atoms with Gasteiger partial charge in [0.25, 0.3) is 10.2 Å². The first-order valence-electron chi connectivity index (χ1n) is 6.99. The van der Waals surface area contributed by atoms with E-state index in [9.17, 15) is 8.42 Å². The van der Waals surface area contributed by atoms with E-state index in [1.54, 1.807) is 6.07 Å². The highest BCUT2D eigenvalue weighted by molar-refractivity contribution is 7.87. The quantitative estimate of drug-likeness (QED) is 0.887. The molecule has 0 amide bonds. The molecule has 1 saturated heterocycles. The van der Waals surface area contributed by atoms with Crippen molar-refractivity contribution in [2.75, 3.05) is 26.3 Å². The molecule has 2 aromatic rings. The smallest absolute Gasteiger partial charge is 0.280 e. The van der Waals surface area contributed by atoms with Gasteiger partial charge in [-0.3, -0.25) is 0 Å². The summed E-state index contributed by atoms with van der Waals surface area (Å²) in [6, 6.07) is 11.3. The van der Waals surface area contributed by atoms with Crippen LogP contribution in [0.2, 0.25) is 0 Å². The SMILES string of the molecule is O=S(=O)(NCc1cc(-c2ccccc2)no1)N1CCOCC1. The Morgan fingerprint density at radius 2 is 1.91 bits per heavy atom. The zero-order chi connectivity index (χ0) is 15.4. The third-order valence-corrected chi connectivity index (χ3v) is 4.92. The predicted octanol–water partition coefficient (Wildman–Crippen LogP) is 1.01. The molecule has 3 rings (SSSR count). The average molecular weight is 323 g/mol. The van der Waals surface area contributed by atoms with Gasteiger partial charge in [-0.05, 0) is 0 Å². The van der Waals surface area contributed by atoms with Crippen LogP contribution < -0.4 is 4.72 Å². The fraction of sp³-hybridized carbons (Fsp3) is 0.357. The van der Waals surface area contributed by atoms with Crippen molar-refractivity contribution >= 4 is 10.2 Å². The number of nitrogens with zero attached hydrogens (tertiary/aromatic N) is 2. The van der Waals surface area contributed by atoms with E-state index >= 15 is 0 Å². The van der Waals surface area contributed by atoms with Crippen molar-refractivity contribution in [3.63, 3.8) is 0 Å². The topological polar surface area (TPSA) is 84.7 Å². The zero-order valence-electron chi connectivity index (χ0n) is 11.9. The van der Waals surface area contributed by atoms with Gasteiger partial charge in [0.15, 0.2) is 5.76 Å². The number of benzene rings is 1. The second-order valence-corrected chi connectivity index (χ2v) is 6.64. The minimum absolute atomic E-state index is 0.0690. The molecule has 22 heavy (non-hydrogen) atoms. The van der Waals surface area contributed by atoms with Crippen LogP contribution in [0.15, 0.2) is 40.9 Å². The number of hydrogen-bond acceptors (Lipinski definition) is 5. The second-order valence-electron chi connectivity index (χ2n) is 4.88. The van der Waals surface area contributed by atoms with Crippen LogP contribution in [0, 0.1) is 0 Å². The Balaban J connectivity index is 1.63. The summed E-state index contributed by atoms with van der Waals surface area (Å²) in [5.41, 5.74) is 1.61.